The van der Waals surface area contributed by atoms with Crippen LogP contribution in [0.1, 0.15) is 19.8 Å². The predicted octanol–water partition coefficient (Wildman–Crippen LogP) is 3.22. The third-order valence-electron chi connectivity index (χ3n) is 4.20. The maximum atomic E-state index is 5.67. The van der Waals surface area contributed by atoms with Gasteiger partial charge in [-0.05, 0) is 35.9 Å². The van der Waals surface area contributed by atoms with Gasteiger partial charge in [0.15, 0.2) is 11.5 Å². The van der Waals surface area contributed by atoms with E-state index in [2.05, 4.69) is 17.2 Å². The van der Waals surface area contributed by atoms with Gasteiger partial charge in [0.05, 0.1) is 0 Å². The Kier molecular flexibility index (Phi) is 2.69. The van der Waals surface area contributed by atoms with Crippen molar-refractivity contribution in [3.05, 3.63) is 24.4 Å². The summed E-state index contributed by atoms with van der Waals surface area (Å²) in [5, 5.41) is 5.81. The molecule has 0 bridgehead atoms. The van der Waals surface area contributed by atoms with Crippen LogP contribution < -0.4 is 14.8 Å². The first kappa shape index (κ1) is 11.8. The second-order valence-corrected chi connectivity index (χ2v) is 5.53. The normalized spacial score (nSPS) is 23.6. The highest BCUT2D eigenvalue weighted by atomic mass is 16.6. The van der Waals surface area contributed by atoms with Crippen molar-refractivity contribution in [3.63, 3.8) is 0 Å². The predicted molar refractivity (Wildman–Crippen MR) is 78.5 cm³/mol. The van der Waals surface area contributed by atoms with Crippen LogP contribution >= 0.6 is 0 Å². The summed E-state index contributed by atoms with van der Waals surface area (Å²) in [6, 6.07) is 6.68. The van der Waals surface area contributed by atoms with Crippen LogP contribution in [0, 0.1) is 5.92 Å². The molecule has 2 unspecified atom stereocenters. The summed E-state index contributed by atoms with van der Waals surface area (Å²) in [7, 11) is 0. The van der Waals surface area contributed by atoms with Crippen LogP contribution in [-0.4, -0.2) is 24.2 Å². The highest BCUT2D eigenvalue weighted by molar-refractivity contribution is 5.94. The van der Waals surface area contributed by atoms with E-state index in [1.165, 1.54) is 12.8 Å². The summed E-state index contributed by atoms with van der Waals surface area (Å²) in [5.74, 6) is 3.41. The quantitative estimate of drug-likeness (QED) is 0.930. The third-order valence-corrected chi connectivity index (χ3v) is 4.20. The molecule has 0 radical (unpaired) electrons. The number of nitrogens with one attached hydrogen (secondary N) is 1. The molecule has 20 heavy (non-hydrogen) atoms. The molecule has 2 atom stereocenters. The number of pyridine rings is 1. The third kappa shape index (κ3) is 1.96. The van der Waals surface area contributed by atoms with Crippen molar-refractivity contribution in [3.8, 4) is 11.5 Å². The zero-order valence-electron chi connectivity index (χ0n) is 11.6. The lowest BCUT2D eigenvalue weighted by molar-refractivity contribution is 0.172. The molecule has 0 amide bonds. The molecule has 104 valence electrons. The Bertz CT molecular complexity index is 656. The molecule has 4 heteroatoms. The molecule has 1 saturated carbocycles. The van der Waals surface area contributed by atoms with Crippen LogP contribution in [0.4, 0.5) is 5.82 Å². The van der Waals surface area contributed by atoms with E-state index in [1.54, 1.807) is 0 Å². The van der Waals surface area contributed by atoms with Gasteiger partial charge < -0.3 is 14.8 Å². The highest BCUT2D eigenvalue weighted by Crippen LogP contribution is 2.40. The van der Waals surface area contributed by atoms with Crippen LogP contribution in [0.2, 0.25) is 0 Å². The van der Waals surface area contributed by atoms with Gasteiger partial charge in [-0.3, -0.25) is 0 Å². The topological polar surface area (TPSA) is 43.4 Å². The number of rotatable bonds is 3. The fourth-order valence-corrected chi connectivity index (χ4v) is 2.88. The van der Waals surface area contributed by atoms with Gasteiger partial charge in [0, 0.05) is 17.6 Å². The monoisotopic (exact) mass is 270 g/mol. The maximum Gasteiger partial charge on any atom is 0.162 e. The average molecular weight is 270 g/mol. The van der Waals surface area contributed by atoms with Gasteiger partial charge in [0.1, 0.15) is 19.0 Å². The summed E-state index contributed by atoms with van der Waals surface area (Å²) < 4.78 is 11.3. The SMILES string of the molecule is CCC1CC1Nc1nccc2cc3c(cc12)OCCO3. The minimum absolute atomic E-state index is 0.575. The lowest BCUT2D eigenvalue weighted by atomic mass is 10.1. The second kappa shape index (κ2) is 4.54. The lowest BCUT2D eigenvalue weighted by Crippen LogP contribution is -2.15. The van der Waals surface area contributed by atoms with Crippen LogP contribution in [0.3, 0.4) is 0 Å². The van der Waals surface area contributed by atoms with Crippen molar-refractivity contribution in [1.29, 1.82) is 0 Å². The molecule has 0 saturated heterocycles. The van der Waals surface area contributed by atoms with Gasteiger partial charge in [-0.1, -0.05) is 13.3 Å². The summed E-state index contributed by atoms with van der Waals surface area (Å²) in [6.07, 6.45) is 4.33. The first-order chi connectivity index (χ1) is 9.85. The number of anilines is 1. The Balaban J connectivity index is 1.73. The van der Waals surface area contributed by atoms with E-state index in [0.29, 0.717) is 19.3 Å². The van der Waals surface area contributed by atoms with E-state index < -0.39 is 0 Å². The van der Waals surface area contributed by atoms with Crippen molar-refractivity contribution < 1.29 is 9.47 Å². The number of nitrogens with zero attached hydrogens (tertiary/aromatic N) is 1. The highest BCUT2D eigenvalue weighted by Gasteiger charge is 2.35. The van der Waals surface area contributed by atoms with Crippen molar-refractivity contribution in [2.45, 2.75) is 25.8 Å². The minimum Gasteiger partial charge on any atom is -0.486 e. The van der Waals surface area contributed by atoms with E-state index >= 15 is 0 Å². The molecule has 4 nitrogen and oxygen atoms in total. The number of aromatic nitrogens is 1. The van der Waals surface area contributed by atoms with Gasteiger partial charge in [-0.25, -0.2) is 4.98 Å². The van der Waals surface area contributed by atoms with Gasteiger partial charge in [-0.2, -0.15) is 0 Å². The average Bonchev–Trinajstić information content (AvgIpc) is 3.24. The Morgan fingerprint density at radius 2 is 2.05 bits per heavy atom. The van der Waals surface area contributed by atoms with E-state index in [1.807, 2.05) is 24.4 Å². The summed E-state index contributed by atoms with van der Waals surface area (Å²) >= 11 is 0. The summed E-state index contributed by atoms with van der Waals surface area (Å²) in [6.45, 7) is 3.47. The fourth-order valence-electron chi connectivity index (χ4n) is 2.88. The number of fused-ring (bicyclic) bond motifs is 2. The van der Waals surface area contributed by atoms with E-state index in [4.69, 9.17) is 9.47 Å². The van der Waals surface area contributed by atoms with E-state index in [-0.39, 0.29) is 0 Å². The molecule has 0 spiro atoms. The summed E-state index contributed by atoms with van der Waals surface area (Å²) in [5.41, 5.74) is 0. The molecule has 2 heterocycles. The van der Waals surface area contributed by atoms with Gasteiger partial charge >= 0.3 is 0 Å². The molecule has 1 N–H and O–H groups in total. The minimum atomic E-state index is 0.575. The lowest BCUT2D eigenvalue weighted by Gasteiger charge is -2.19. The zero-order valence-corrected chi connectivity index (χ0v) is 11.6. The van der Waals surface area contributed by atoms with E-state index in [9.17, 15) is 0 Å². The number of benzene rings is 1. The first-order valence-electron chi connectivity index (χ1n) is 7.30. The number of hydrogen-bond acceptors (Lipinski definition) is 4. The molecule has 1 fully saturated rings. The van der Waals surface area contributed by atoms with Crippen molar-refractivity contribution in [2.24, 2.45) is 5.92 Å². The molecule has 1 aliphatic carbocycles. The molecule has 1 aliphatic heterocycles. The van der Waals surface area contributed by atoms with Gasteiger partial charge in [-0.15, -0.1) is 0 Å². The molecule has 4 rings (SSSR count). The maximum absolute atomic E-state index is 5.67. The fraction of sp³-hybridized carbons (Fsp3) is 0.438. The Labute approximate surface area is 118 Å². The Morgan fingerprint density at radius 1 is 1.25 bits per heavy atom. The second-order valence-electron chi connectivity index (χ2n) is 5.53. The van der Waals surface area contributed by atoms with Crippen LogP contribution in [0.25, 0.3) is 10.8 Å². The van der Waals surface area contributed by atoms with Crippen LogP contribution in [0.15, 0.2) is 24.4 Å². The molecule has 1 aromatic carbocycles. The molecular weight excluding hydrogens is 252 g/mol. The standard InChI is InChI=1S/C16H18N2O2/c1-2-10-7-13(10)18-16-12-9-15-14(19-5-6-20-15)8-11(12)3-4-17-16/h3-4,8-10,13H,2,5-7H2,1H3,(H,17,18). The number of hydrogen-bond donors (Lipinski definition) is 1. The Morgan fingerprint density at radius 3 is 2.80 bits per heavy atom. The number of ether oxygens (including phenoxy) is 2. The zero-order chi connectivity index (χ0) is 13.5. The van der Waals surface area contributed by atoms with Gasteiger partial charge in [0.2, 0.25) is 0 Å². The molecule has 2 aliphatic rings. The molecule has 1 aromatic heterocycles. The largest absolute Gasteiger partial charge is 0.486 e. The van der Waals surface area contributed by atoms with Crippen molar-refractivity contribution in [2.75, 3.05) is 18.5 Å². The van der Waals surface area contributed by atoms with Crippen LogP contribution in [0.5, 0.6) is 11.5 Å². The smallest absolute Gasteiger partial charge is 0.162 e. The summed E-state index contributed by atoms with van der Waals surface area (Å²) in [4.78, 5) is 4.50. The van der Waals surface area contributed by atoms with Crippen molar-refractivity contribution >= 4 is 16.6 Å². The van der Waals surface area contributed by atoms with Crippen LogP contribution in [-0.2, 0) is 0 Å². The first-order valence-corrected chi connectivity index (χ1v) is 7.30. The Hall–Kier alpha value is -1.97. The van der Waals surface area contributed by atoms with Crippen molar-refractivity contribution in [1.82, 2.24) is 4.98 Å². The van der Waals surface area contributed by atoms with E-state index in [0.717, 1.165) is 34.0 Å². The molecule has 2 aromatic rings. The van der Waals surface area contributed by atoms with Gasteiger partial charge in [0.25, 0.3) is 0 Å². The molecular formula is C16H18N2O2.